The van der Waals surface area contributed by atoms with Crippen molar-refractivity contribution in [1.29, 1.82) is 0 Å². The third-order valence-corrected chi connectivity index (χ3v) is 5.87. The minimum atomic E-state index is -0.568. The van der Waals surface area contributed by atoms with Crippen LogP contribution in [0, 0.1) is 6.92 Å². The minimum Gasteiger partial charge on any atom is -0.340 e. The van der Waals surface area contributed by atoms with Gasteiger partial charge < -0.3 is 16.0 Å². The zero-order chi connectivity index (χ0) is 21.8. The number of para-hydroxylation sites is 1. The number of benzene rings is 2. The summed E-state index contributed by atoms with van der Waals surface area (Å²) in [4.78, 5) is 21.5. The fourth-order valence-electron chi connectivity index (χ4n) is 3.02. The van der Waals surface area contributed by atoms with Crippen LogP contribution < -0.4 is 21.4 Å². The van der Waals surface area contributed by atoms with Gasteiger partial charge in [-0.05, 0) is 61.1 Å². The molecule has 0 aliphatic carbocycles. The number of carbonyl (C=O) groups excluding carboxylic acids is 1. The van der Waals surface area contributed by atoms with Gasteiger partial charge in [-0.1, -0.05) is 18.2 Å². The van der Waals surface area contributed by atoms with E-state index in [1.807, 2.05) is 54.6 Å². The molecule has 4 rings (SSSR count). The van der Waals surface area contributed by atoms with Crippen LogP contribution in [0.1, 0.15) is 15.2 Å². The Hall–Kier alpha value is -3.60. The second-order valence-electron chi connectivity index (χ2n) is 6.55. The lowest BCUT2D eigenvalue weighted by atomic mass is 10.2. The molecule has 0 bridgehead atoms. The molecule has 0 aliphatic heterocycles. The number of thiocarbonyl (C=S) groups is 1. The molecule has 2 aromatic carbocycles. The molecule has 0 atom stereocenters. The molecule has 0 saturated carbocycles. The van der Waals surface area contributed by atoms with Crippen molar-refractivity contribution >= 4 is 67.7 Å². The Morgan fingerprint density at radius 3 is 2.29 bits per heavy atom. The van der Waals surface area contributed by atoms with Gasteiger partial charge in [0.15, 0.2) is 5.11 Å². The van der Waals surface area contributed by atoms with Crippen molar-refractivity contribution in [3.8, 4) is 0 Å². The zero-order valence-corrected chi connectivity index (χ0v) is 18.0. The van der Waals surface area contributed by atoms with Gasteiger partial charge in [-0.15, -0.1) is 11.3 Å². The summed E-state index contributed by atoms with van der Waals surface area (Å²) in [6.45, 7) is 1.80. The number of hydroxylamine groups is 1. The van der Waals surface area contributed by atoms with Crippen molar-refractivity contribution in [2.75, 3.05) is 16.0 Å². The Bertz CT molecular complexity index is 1240. The van der Waals surface area contributed by atoms with Gasteiger partial charge in [0.05, 0.1) is 10.3 Å². The second kappa shape index (κ2) is 9.04. The van der Waals surface area contributed by atoms with Gasteiger partial charge in [0, 0.05) is 17.1 Å². The van der Waals surface area contributed by atoms with E-state index in [2.05, 4.69) is 25.9 Å². The summed E-state index contributed by atoms with van der Waals surface area (Å²) in [5, 5.41) is 19.7. The maximum Gasteiger partial charge on any atom is 0.285 e. The van der Waals surface area contributed by atoms with Crippen LogP contribution in [0.2, 0.25) is 0 Å². The molecule has 5 N–H and O–H groups in total. The van der Waals surface area contributed by atoms with E-state index in [0.29, 0.717) is 26.2 Å². The summed E-state index contributed by atoms with van der Waals surface area (Å²) >= 11 is 6.55. The van der Waals surface area contributed by atoms with Crippen molar-refractivity contribution in [3.63, 3.8) is 0 Å². The van der Waals surface area contributed by atoms with Gasteiger partial charge in [-0.3, -0.25) is 10.0 Å². The number of nitrogens with zero attached hydrogens (tertiary/aromatic N) is 2. The summed E-state index contributed by atoms with van der Waals surface area (Å²) < 4.78 is 0. The topological polar surface area (TPSA) is 111 Å². The lowest BCUT2D eigenvalue weighted by molar-refractivity contribution is 0.0710. The summed E-state index contributed by atoms with van der Waals surface area (Å²) in [6, 6.07) is 17.3. The van der Waals surface area contributed by atoms with Crippen molar-refractivity contribution in [2.24, 2.45) is 0 Å². The van der Waals surface area contributed by atoms with Gasteiger partial charge in [-0.2, -0.15) is 0 Å². The Kier molecular flexibility index (Phi) is 6.03. The van der Waals surface area contributed by atoms with E-state index >= 15 is 0 Å². The van der Waals surface area contributed by atoms with E-state index in [-0.39, 0.29) is 0 Å². The number of nitrogens with one attached hydrogen (secondary N) is 4. The molecule has 2 heterocycles. The first-order chi connectivity index (χ1) is 15.0. The number of thiophene rings is 1. The van der Waals surface area contributed by atoms with Gasteiger partial charge in [0.2, 0.25) is 0 Å². The standard InChI is InChI=1S/C21H18N6O2S2/c1-12-16-18(22-11-23-20(16)31-17(12)19(28)27-29)24-14-7-9-15(10-8-14)26-21(30)25-13-5-3-2-4-6-13/h2-11,29H,1H3,(H,27,28)(H,22,23,24)(H2,25,26,30). The third kappa shape index (κ3) is 4.61. The predicted molar refractivity (Wildman–Crippen MR) is 127 cm³/mol. The number of amides is 1. The molecule has 31 heavy (non-hydrogen) atoms. The van der Waals surface area contributed by atoms with Gasteiger partial charge in [-0.25, -0.2) is 15.4 Å². The van der Waals surface area contributed by atoms with Gasteiger partial charge in [0.25, 0.3) is 5.91 Å². The Labute approximate surface area is 187 Å². The van der Waals surface area contributed by atoms with Crippen LogP contribution in [0.25, 0.3) is 10.2 Å². The highest BCUT2D eigenvalue weighted by Crippen LogP contribution is 2.34. The molecular formula is C21H18N6O2S2. The summed E-state index contributed by atoms with van der Waals surface area (Å²) in [7, 11) is 0. The Balaban J connectivity index is 1.49. The van der Waals surface area contributed by atoms with Crippen LogP contribution in [0.3, 0.4) is 0 Å². The zero-order valence-electron chi connectivity index (χ0n) is 16.3. The van der Waals surface area contributed by atoms with Crippen LogP contribution in [-0.2, 0) is 0 Å². The van der Waals surface area contributed by atoms with Crippen LogP contribution >= 0.6 is 23.6 Å². The second-order valence-corrected chi connectivity index (χ2v) is 7.95. The molecule has 4 aromatic rings. The first-order valence-corrected chi connectivity index (χ1v) is 10.5. The average Bonchev–Trinajstić information content (AvgIpc) is 3.12. The smallest absolute Gasteiger partial charge is 0.285 e. The molecule has 0 unspecified atom stereocenters. The molecule has 0 spiro atoms. The number of rotatable bonds is 5. The summed E-state index contributed by atoms with van der Waals surface area (Å²) in [5.41, 5.74) is 4.92. The quantitative estimate of drug-likeness (QED) is 0.169. The minimum absolute atomic E-state index is 0.389. The first-order valence-electron chi connectivity index (χ1n) is 9.24. The molecule has 0 fully saturated rings. The maximum atomic E-state index is 11.9. The van der Waals surface area contributed by atoms with Crippen molar-refractivity contribution in [3.05, 3.63) is 71.4 Å². The van der Waals surface area contributed by atoms with Crippen molar-refractivity contribution < 1.29 is 10.0 Å². The van der Waals surface area contributed by atoms with Crippen LogP contribution in [0.15, 0.2) is 60.9 Å². The van der Waals surface area contributed by atoms with E-state index in [4.69, 9.17) is 17.4 Å². The number of fused-ring (bicyclic) bond motifs is 1. The molecule has 0 aliphatic rings. The fraction of sp³-hybridized carbons (Fsp3) is 0.0476. The Morgan fingerprint density at radius 1 is 0.968 bits per heavy atom. The molecule has 2 aromatic heterocycles. The maximum absolute atomic E-state index is 11.9. The van der Waals surface area contributed by atoms with Gasteiger partial charge in [0.1, 0.15) is 17.0 Å². The van der Waals surface area contributed by atoms with E-state index in [1.54, 1.807) is 12.4 Å². The molecule has 10 heteroatoms. The number of carbonyl (C=O) groups is 1. The van der Waals surface area contributed by atoms with E-state index in [0.717, 1.165) is 22.4 Å². The SMILES string of the molecule is Cc1c(C(=O)NO)sc2ncnc(Nc3ccc(NC(=S)Nc4ccccc4)cc3)c12. The third-order valence-electron chi connectivity index (χ3n) is 4.47. The normalized spacial score (nSPS) is 10.5. The van der Waals surface area contributed by atoms with E-state index in [9.17, 15) is 4.79 Å². The number of hydrogen-bond acceptors (Lipinski definition) is 7. The Morgan fingerprint density at radius 2 is 1.61 bits per heavy atom. The predicted octanol–water partition coefficient (Wildman–Crippen LogP) is 4.67. The largest absolute Gasteiger partial charge is 0.340 e. The number of aryl methyl sites for hydroxylation is 1. The average molecular weight is 451 g/mol. The van der Waals surface area contributed by atoms with E-state index in [1.165, 1.54) is 17.7 Å². The highest BCUT2D eigenvalue weighted by molar-refractivity contribution is 7.80. The lowest BCUT2D eigenvalue weighted by Gasteiger charge is -2.12. The van der Waals surface area contributed by atoms with Crippen LogP contribution in [0.4, 0.5) is 22.9 Å². The molecule has 8 nitrogen and oxygen atoms in total. The monoisotopic (exact) mass is 450 g/mol. The van der Waals surface area contributed by atoms with Crippen molar-refractivity contribution in [1.82, 2.24) is 15.4 Å². The number of hydrogen-bond donors (Lipinski definition) is 5. The number of anilines is 4. The lowest BCUT2D eigenvalue weighted by Crippen LogP contribution is -2.18. The van der Waals surface area contributed by atoms with Crippen LogP contribution in [-0.4, -0.2) is 26.2 Å². The molecule has 1 amide bonds. The highest BCUT2D eigenvalue weighted by Gasteiger charge is 2.19. The van der Waals surface area contributed by atoms with Crippen LogP contribution in [0.5, 0.6) is 0 Å². The van der Waals surface area contributed by atoms with Crippen molar-refractivity contribution in [2.45, 2.75) is 6.92 Å². The van der Waals surface area contributed by atoms with Gasteiger partial charge >= 0.3 is 0 Å². The highest BCUT2D eigenvalue weighted by atomic mass is 32.1. The fourth-order valence-corrected chi connectivity index (χ4v) is 4.30. The first kappa shape index (κ1) is 20.7. The molecule has 0 radical (unpaired) electrons. The summed E-state index contributed by atoms with van der Waals surface area (Å²) in [6.07, 6.45) is 1.44. The molecule has 0 saturated heterocycles. The number of aromatic nitrogens is 2. The molecule has 156 valence electrons. The summed E-state index contributed by atoms with van der Waals surface area (Å²) in [5.74, 6) is 0.0136. The van der Waals surface area contributed by atoms with E-state index < -0.39 is 5.91 Å². The molecular weight excluding hydrogens is 432 g/mol.